The van der Waals surface area contributed by atoms with Crippen LogP contribution in [0.15, 0.2) is 41.6 Å². The zero-order chi connectivity index (χ0) is 14.8. The van der Waals surface area contributed by atoms with Crippen molar-refractivity contribution in [3.63, 3.8) is 0 Å². The Morgan fingerprint density at radius 3 is 2.55 bits per heavy atom. The van der Waals surface area contributed by atoms with Gasteiger partial charge in [-0.2, -0.15) is 0 Å². The molecule has 0 unspecified atom stereocenters. The predicted octanol–water partition coefficient (Wildman–Crippen LogP) is 1.22. The van der Waals surface area contributed by atoms with Gasteiger partial charge in [0.05, 0.1) is 0 Å². The van der Waals surface area contributed by atoms with Crippen molar-refractivity contribution in [2.24, 2.45) is 5.73 Å². The van der Waals surface area contributed by atoms with E-state index in [0.717, 1.165) is 0 Å². The van der Waals surface area contributed by atoms with Crippen LogP contribution in [0.3, 0.4) is 0 Å². The summed E-state index contributed by atoms with van der Waals surface area (Å²) in [5, 5.41) is 0. The van der Waals surface area contributed by atoms with Gasteiger partial charge in [0, 0.05) is 12.4 Å². The van der Waals surface area contributed by atoms with Crippen LogP contribution in [-0.2, 0) is 10.0 Å². The average molecular weight is 308 g/mol. The van der Waals surface area contributed by atoms with Crippen LogP contribution in [-0.4, -0.2) is 23.4 Å². The largest absolute Gasteiger partial charge is 0.388 e. The normalized spacial score (nSPS) is 11.1. The second-order valence-electron chi connectivity index (χ2n) is 3.99. The molecule has 20 heavy (non-hydrogen) atoms. The molecule has 2 aromatic heterocycles. The highest BCUT2D eigenvalue weighted by molar-refractivity contribution is 7.93. The van der Waals surface area contributed by atoms with Gasteiger partial charge in [-0.05, 0) is 30.7 Å². The quantitative estimate of drug-likeness (QED) is 0.824. The maximum absolute atomic E-state index is 12.4. The number of hydrogen-bond acceptors (Lipinski definition) is 5. The Morgan fingerprint density at radius 2 is 1.90 bits per heavy atom. The molecule has 0 spiro atoms. The number of nitrogens with two attached hydrogens (primary N) is 1. The maximum atomic E-state index is 12.4. The van der Waals surface area contributed by atoms with Crippen molar-refractivity contribution in [3.8, 4) is 0 Å². The smallest absolute Gasteiger partial charge is 0.265 e. The first-order valence-corrected chi connectivity index (χ1v) is 7.50. The molecule has 0 bridgehead atoms. The van der Waals surface area contributed by atoms with Crippen LogP contribution in [0.25, 0.3) is 0 Å². The average Bonchev–Trinajstić information content (AvgIpc) is 2.41. The van der Waals surface area contributed by atoms with E-state index < -0.39 is 10.0 Å². The molecule has 3 N–H and O–H groups in total. The summed E-state index contributed by atoms with van der Waals surface area (Å²) in [6.07, 6.45) is 2.93. The summed E-state index contributed by atoms with van der Waals surface area (Å²) >= 11 is 4.82. The molecule has 2 heterocycles. The number of rotatable bonds is 4. The molecule has 8 heteroatoms. The molecule has 0 aliphatic heterocycles. The summed E-state index contributed by atoms with van der Waals surface area (Å²) in [7, 11) is -3.85. The molecule has 0 aliphatic rings. The highest BCUT2D eigenvalue weighted by atomic mass is 32.2. The highest BCUT2D eigenvalue weighted by Crippen LogP contribution is 2.18. The van der Waals surface area contributed by atoms with Crippen LogP contribution in [0.5, 0.6) is 0 Å². The molecule has 2 aromatic rings. The number of thiocarbonyl (C=S) groups is 1. The second-order valence-corrected chi connectivity index (χ2v) is 6.08. The van der Waals surface area contributed by atoms with Crippen molar-refractivity contribution in [2.75, 3.05) is 4.72 Å². The van der Waals surface area contributed by atoms with E-state index in [1.165, 1.54) is 24.5 Å². The van der Waals surface area contributed by atoms with Gasteiger partial charge in [-0.15, -0.1) is 0 Å². The monoisotopic (exact) mass is 308 g/mol. The number of hydrogen-bond donors (Lipinski definition) is 2. The van der Waals surface area contributed by atoms with Gasteiger partial charge in [-0.1, -0.05) is 18.3 Å². The summed E-state index contributed by atoms with van der Waals surface area (Å²) in [6, 6.07) is 6.37. The standard InChI is InChI=1S/C12H12N4O2S2/c1-8-4-2-7-15-12(8)16-20(17,18)9-5-3-6-14-10(9)11(13)19/h2-7H,1H3,(H2,13,19)(H,15,16). The van der Waals surface area contributed by atoms with Gasteiger partial charge in [-0.25, -0.2) is 13.4 Å². The molecular weight excluding hydrogens is 296 g/mol. The minimum Gasteiger partial charge on any atom is -0.388 e. The number of sulfonamides is 1. The number of nitrogens with one attached hydrogen (secondary N) is 1. The van der Waals surface area contributed by atoms with E-state index in [1.54, 1.807) is 19.1 Å². The van der Waals surface area contributed by atoms with Gasteiger partial charge >= 0.3 is 0 Å². The van der Waals surface area contributed by atoms with E-state index in [1.807, 2.05) is 0 Å². The van der Waals surface area contributed by atoms with Crippen LogP contribution in [0.4, 0.5) is 5.82 Å². The van der Waals surface area contributed by atoms with Gasteiger partial charge in [0.15, 0.2) is 0 Å². The third kappa shape index (κ3) is 2.91. The molecule has 0 amide bonds. The molecule has 0 fully saturated rings. The van der Waals surface area contributed by atoms with Crippen molar-refractivity contribution in [2.45, 2.75) is 11.8 Å². The van der Waals surface area contributed by atoms with Crippen LogP contribution >= 0.6 is 12.2 Å². The summed E-state index contributed by atoms with van der Waals surface area (Å²) in [4.78, 5) is 7.74. The van der Waals surface area contributed by atoms with E-state index in [4.69, 9.17) is 18.0 Å². The van der Waals surface area contributed by atoms with Gasteiger partial charge in [-0.3, -0.25) is 9.71 Å². The van der Waals surface area contributed by atoms with Gasteiger partial charge < -0.3 is 5.73 Å². The van der Waals surface area contributed by atoms with Crippen molar-refractivity contribution in [3.05, 3.63) is 47.9 Å². The zero-order valence-electron chi connectivity index (χ0n) is 10.6. The molecule has 0 aromatic carbocycles. The van der Waals surface area contributed by atoms with Gasteiger partial charge in [0.25, 0.3) is 10.0 Å². The van der Waals surface area contributed by atoms with E-state index in [9.17, 15) is 8.42 Å². The van der Waals surface area contributed by atoms with E-state index >= 15 is 0 Å². The first kappa shape index (κ1) is 14.4. The Kier molecular flexibility index (Phi) is 3.96. The highest BCUT2D eigenvalue weighted by Gasteiger charge is 2.21. The molecule has 6 nitrogen and oxygen atoms in total. The minimum atomic E-state index is -3.85. The molecule has 0 saturated carbocycles. The Hall–Kier alpha value is -2.06. The third-order valence-electron chi connectivity index (χ3n) is 2.53. The summed E-state index contributed by atoms with van der Waals surface area (Å²) in [5.74, 6) is 0.255. The topological polar surface area (TPSA) is 98.0 Å². The number of anilines is 1. The van der Waals surface area contributed by atoms with Crippen LogP contribution < -0.4 is 10.5 Å². The molecule has 2 rings (SSSR count). The van der Waals surface area contributed by atoms with E-state index in [0.29, 0.717) is 5.56 Å². The van der Waals surface area contributed by atoms with Crippen LogP contribution in [0.1, 0.15) is 11.3 Å². The Labute approximate surface area is 122 Å². The first-order chi connectivity index (χ1) is 9.42. The van der Waals surface area contributed by atoms with Crippen molar-refractivity contribution < 1.29 is 8.42 Å². The fraction of sp³-hybridized carbons (Fsp3) is 0.0833. The number of aromatic nitrogens is 2. The number of pyridine rings is 2. The van der Waals surface area contributed by atoms with Crippen molar-refractivity contribution in [1.82, 2.24) is 9.97 Å². The van der Waals surface area contributed by atoms with Crippen molar-refractivity contribution in [1.29, 1.82) is 0 Å². The Morgan fingerprint density at radius 1 is 1.25 bits per heavy atom. The molecule has 0 saturated heterocycles. The second kappa shape index (κ2) is 5.51. The Bertz CT molecular complexity index is 760. The zero-order valence-corrected chi connectivity index (χ0v) is 12.2. The molecular formula is C12H12N4O2S2. The SMILES string of the molecule is Cc1cccnc1NS(=O)(=O)c1cccnc1C(N)=S. The lowest BCUT2D eigenvalue weighted by Gasteiger charge is -2.11. The van der Waals surface area contributed by atoms with Gasteiger partial charge in [0.2, 0.25) is 0 Å². The van der Waals surface area contributed by atoms with Crippen LogP contribution in [0, 0.1) is 6.92 Å². The van der Waals surface area contributed by atoms with Gasteiger partial charge in [0.1, 0.15) is 21.4 Å². The fourth-order valence-corrected chi connectivity index (χ4v) is 3.05. The predicted molar refractivity (Wildman–Crippen MR) is 79.9 cm³/mol. The Balaban J connectivity index is 2.47. The first-order valence-electron chi connectivity index (χ1n) is 5.61. The van der Waals surface area contributed by atoms with E-state index in [-0.39, 0.29) is 21.4 Å². The molecule has 0 aliphatic carbocycles. The number of aryl methyl sites for hydroxylation is 1. The third-order valence-corrected chi connectivity index (χ3v) is 4.10. The molecule has 0 atom stereocenters. The lowest BCUT2D eigenvalue weighted by atomic mass is 10.3. The van der Waals surface area contributed by atoms with Crippen molar-refractivity contribution >= 4 is 33.0 Å². The summed E-state index contributed by atoms with van der Waals surface area (Å²) in [5.41, 5.74) is 6.26. The minimum absolute atomic E-state index is 0.0589. The molecule has 0 radical (unpaired) electrons. The summed E-state index contributed by atoms with van der Waals surface area (Å²) in [6.45, 7) is 1.75. The number of nitrogens with zero attached hydrogens (tertiary/aromatic N) is 2. The van der Waals surface area contributed by atoms with Crippen LogP contribution in [0.2, 0.25) is 0 Å². The summed E-state index contributed by atoms with van der Waals surface area (Å²) < 4.78 is 27.1. The maximum Gasteiger partial charge on any atom is 0.265 e. The fourth-order valence-electron chi connectivity index (χ4n) is 1.57. The molecule has 104 valence electrons. The van der Waals surface area contributed by atoms with E-state index in [2.05, 4.69) is 14.7 Å². The lowest BCUT2D eigenvalue weighted by molar-refractivity contribution is 0.600. The lowest BCUT2D eigenvalue weighted by Crippen LogP contribution is -2.21.